The molecule has 5 rings (SSSR count). The standard InChI is InChI=1S/C23H28N6OS/c1-17-24-21(27-9-7-26(2)8-10-27)16-22(25-17)28-11-13-29(14-12-28)23(30)20-15-18-5-3-4-6-19(18)31-20/h3-6,15-16H,7-14H2,1-2H3. The van der Waals surface area contributed by atoms with Crippen LogP contribution < -0.4 is 9.80 Å². The van der Waals surface area contributed by atoms with Crippen LogP contribution in [0.5, 0.6) is 0 Å². The molecule has 2 saturated heterocycles. The highest BCUT2D eigenvalue weighted by molar-refractivity contribution is 7.20. The van der Waals surface area contributed by atoms with Crippen LogP contribution in [0.25, 0.3) is 10.1 Å². The minimum absolute atomic E-state index is 0.137. The molecule has 1 aromatic carbocycles. The fraction of sp³-hybridized carbons (Fsp3) is 0.435. The summed E-state index contributed by atoms with van der Waals surface area (Å²) in [6.45, 7) is 9.04. The number of carbonyl (C=O) groups excluding carboxylic acids is 1. The van der Waals surface area contributed by atoms with E-state index in [9.17, 15) is 4.79 Å². The van der Waals surface area contributed by atoms with Crippen LogP contribution in [0.4, 0.5) is 11.6 Å². The third kappa shape index (κ3) is 4.22. The first kappa shape index (κ1) is 20.2. The van der Waals surface area contributed by atoms with Gasteiger partial charge in [0.2, 0.25) is 0 Å². The topological polar surface area (TPSA) is 55.8 Å². The highest BCUT2D eigenvalue weighted by atomic mass is 32.1. The monoisotopic (exact) mass is 436 g/mol. The molecule has 2 aromatic heterocycles. The molecule has 8 heteroatoms. The van der Waals surface area contributed by atoms with Crippen LogP contribution in [0.3, 0.4) is 0 Å². The maximum Gasteiger partial charge on any atom is 0.264 e. The zero-order chi connectivity index (χ0) is 21.4. The molecule has 0 atom stereocenters. The summed E-state index contributed by atoms with van der Waals surface area (Å²) < 4.78 is 1.16. The molecule has 0 saturated carbocycles. The van der Waals surface area contributed by atoms with Crippen LogP contribution >= 0.6 is 11.3 Å². The van der Waals surface area contributed by atoms with E-state index in [1.54, 1.807) is 11.3 Å². The Morgan fingerprint density at radius 1 is 0.871 bits per heavy atom. The van der Waals surface area contributed by atoms with Gasteiger partial charge in [-0.25, -0.2) is 9.97 Å². The van der Waals surface area contributed by atoms with Gasteiger partial charge in [0.1, 0.15) is 17.5 Å². The molecule has 4 heterocycles. The van der Waals surface area contributed by atoms with Crippen molar-refractivity contribution in [2.45, 2.75) is 6.92 Å². The maximum atomic E-state index is 13.0. The molecule has 31 heavy (non-hydrogen) atoms. The number of hydrogen-bond donors (Lipinski definition) is 0. The molecular weight excluding hydrogens is 408 g/mol. The zero-order valence-electron chi connectivity index (χ0n) is 18.1. The van der Waals surface area contributed by atoms with E-state index in [0.29, 0.717) is 13.1 Å². The molecule has 2 aliphatic heterocycles. The van der Waals surface area contributed by atoms with Crippen molar-refractivity contribution in [3.8, 4) is 0 Å². The lowest BCUT2D eigenvalue weighted by atomic mass is 10.2. The second-order valence-corrected chi connectivity index (χ2v) is 9.43. The summed E-state index contributed by atoms with van der Waals surface area (Å²) in [7, 11) is 2.16. The molecule has 1 amide bonds. The average molecular weight is 437 g/mol. The molecule has 2 fully saturated rings. The second kappa shape index (κ2) is 8.43. The minimum Gasteiger partial charge on any atom is -0.354 e. The van der Waals surface area contributed by atoms with Gasteiger partial charge < -0.3 is 19.6 Å². The van der Waals surface area contributed by atoms with Crippen molar-refractivity contribution < 1.29 is 4.79 Å². The van der Waals surface area contributed by atoms with Crippen molar-refractivity contribution in [1.82, 2.24) is 19.8 Å². The molecule has 7 nitrogen and oxygen atoms in total. The lowest BCUT2D eigenvalue weighted by molar-refractivity contribution is 0.0751. The van der Waals surface area contributed by atoms with Gasteiger partial charge in [-0.05, 0) is 31.5 Å². The second-order valence-electron chi connectivity index (χ2n) is 8.35. The Morgan fingerprint density at radius 2 is 1.48 bits per heavy atom. The van der Waals surface area contributed by atoms with Crippen LogP contribution in [0.15, 0.2) is 36.4 Å². The molecule has 0 spiro atoms. The Labute approximate surface area is 186 Å². The van der Waals surface area contributed by atoms with Gasteiger partial charge in [0.25, 0.3) is 5.91 Å². The number of carbonyl (C=O) groups is 1. The molecule has 0 aliphatic carbocycles. The van der Waals surface area contributed by atoms with E-state index in [0.717, 1.165) is 71.7 Å². The van der Waals surface area contributed by atoms with E-state index in [2.05, 4.69) is 44.9 Å². The first-order chi connectivity index (χ1) is 15.1. The predicted molar refractivity (Wildman–Crippen MR) is 126 cm³/mol. The van der Waals surface area contributed by atoms with Gasteiger partial charge in [0.15, 0.2) is 0 Å². The first-order valence-corrected chi connectivity index (χ1v) is 11.7. The van der Waals surface area contributed by atoms with Gasteiger partial charge in [-0.1, -0.05) is 18.2 Å². The van der Waals surface area contributed by atoms with Gasteiger partial charge in [0, 0.05) is 63.1 Å². The van der Waals surface area contributed by atoms with Crippen molar-refractivity contribution >= 4 is 39.0 Å². The summed E-state index contributed by atoms with van der Waals surface area (Å²) in [6, 6.07) is 12.3. The Hall–Kier alpha value is -2.71. The van der Waals surface area contributed by atoms with Gasteiger partial charge in [-0.15, -0.1) is 11.3 Å². The largest absolute Gasteiger partial charge is 0.354 e. The van der Waals surface area contributed by atoms with E-state index in [1.807, 2.05) is 30.0 Å². The molecular formula is C23H28N6OS. The average Bonchev–Trinajstić information content (AvgIpc) is 3.23. The number of aromatic nitrogens is 2. The minimum atomic E-state index is 0.137. The normalized spacial score (nSPS) is 18.1. The van der Waals surface area contributed by atoms with E-state index >= 15 is 0 Å². The molecule has 2 aliphatic rings. The van der Waals surface area contributed by atoms with E-state index in [4.69, 9.17) is 4.98 Å². The lowest BCUT2D eigenvalue weighted by Crippen LogP contribution is -2.49. The lowest BCUT2D eigenvalue weighted by Gasteiger charge is -2.36. The summed E-state index contributed by atoms with van der Waals surface area (Å²) in [6.07, 6.45) is 0. The number of thiophene rings is 1. The number of nitrogens with zero attached hydrogens (tertiary/aromatic N) is 6. The highest BCUT2D eigenvalue weighted by Gasteiger charge is 2.25. The van der Waals surface area contributed by atoms with Crippen molar-refractivity contribution in [1.29, 1.82) is 0 Å². The fourth-order valence-electron chi connectivity index (χ4n) is 4.28. The van der Waals surface area contributed by atoms with Crippen molar-refractivity contribution in [2.75, 3.05) is 69.2 Å². The maximum absolute atomic E-state index is 13.0. The quantitative estimate of drug-likeness (QED) is 0.629. The molecule has 0 unspecified atom stereocenters. The number of amides is 1. The Balaban J connectivity index is 1.26. The van der Waals surface area contributed by atoms with E-state index in [-0.39, 0.29) is 5.91 Å². The number of aryl methyl sites for hydroxylation is 1. The predicted octanol–water partition coefficient (Wildman–Crippen LogP) is 2.71. The first-order valence-electron chi connectivity index (χ1n) is 10.9. The third-order valence-electron chi connectivity index (χ3n) is 6.17. The van der Waals surface area contributed by atoms with Gasteiger partial charge in [-0.3, -0.25) is 4.79 Å². The van der Waals surface area contributed by atoms with Gasteiger partial charge in [-0.2, -0.15) is 0 Å². The number of benzene rings is 1. The van der Waals surface area contributed by atoms with E-state index in [1.165, 1.54) is 0 Å². The number of fused-ring (bicyclic) bond motifs is 1. The van der Waals surface area contributed by atoms with E-state index < -0.39 is 0 Å². The molecule has 162 valence electrons. The highest BCUT2D eigenvalue weighted by Crippen LogP contribution is 2.27. The number of anilines is 2. The summed E-state index contributed by atoms with van der Waals surface area (Å²) in [5.74, 6) is 2.92. The summed E-state index contributed by atoms with van der Waals surface area (Å²) in [5, 5.41) is 1.14. The van der Waals surface area contributed by atoms with Crippen molar-refractivity contribution in [3.05, 3.63) is 47.1 Å². The van der Waals surface area contributed by atoms with Crippen LogP contribution in [0.2, 0.25) is 0 Å². The summed E-state index contributed by atoms with van der Waals surface area (Å²) in [5.41, 5.74) is 0. The smallest absolute Gasteiger partial charge is 0.264 e. The van der Waals surface area contributed by atoms with Gasteiger partial charge >= 0.3 is 0 Å². The summed E-state index contributed by atoms with van der Waals surface area (Å²) >= 11 is 1.58. The van der Waals surface area contributed by atoms with Crippen molar-refractivity contribution in [3.63, 3.8) is 0 Å². The Morgan fingerprint density at radius 3 is 2.13 bits per heavy atom. The van der Waals surface area contributed by atoms with Gasteiger partial charge in [0.05, 0.1) is 4.88 Å². The van der Waals surface area contributed by atoms with Crippen LogP contribution in [-0.4, -0.2) is 85.1 Å². The van der Waals surface area contributed by atoms with Crippen molar-refractivity contribution in [2.24, 2.45) is 0 Å². The molecule has 0 N–H and O–H groups in total. The molecule has 0 radical (unpaired) electrons. The van der Waals surface area contributed by atoms with Crippen LogP contribution in [-0.2, 0) is 0 Å². The number of piperazine rings is 2. The molecule has 3 aromatic rings. The number of rotatable bonds is 3. The Kier molecular flexibility index (Phi) is 5.50. The Bertz CT molecular complexity index is 1050. The SMILES string of the molecule is Cc1nc(N2CCN(C)CC2)cc(N2CCN(C(=O)c3cc4ccccc4s3)CC2)n1. The molecule has 0 bridgehead atoms. The fourth-order valence-corrected chi connectivity index (χ4v) is 5.31. The zero-order valence-corrected chi connectivity index (χ0v) is 18.9. The van der Waals surface area contributed by atoms with Crippen LogP contribution in [0.1, 0.15) is 15.5 Å². The third-order valence-corrected chi connectivity index (χ3v) is 7.27. The summed E-state index contributed by atoms with van der Waals surface area (Å²) in [4.78, 5) is 32.2. The van der Waals surface area contributed by atoms with Crippen LogP contribution in [0, 0.1) is 6.92 Å². The number of likely N-dealkylation sites (N-methyl/N-ethyl adjacent to an activating group) is 1. The number of hydrogen-bond acceptors (Lipinski definition) is 7.